The lowest BCUT2D eigenvalue weighted by atomic mass is 9.90. The van der Waals surface area contributed by atoms with Crippen LogP contribution in [-0.2, 0) is 4.79 Å². The normalized spacial score (nSPS) is 20.2. The molecule has 1 aromatic heterocycles. The van der Waals surface area contributed by atoms with Crippen molar-refractivity contribution < 1.29 is 9.59 Å². The smallest absolute Gasteiger partial charge is 0.324 e. The molecule has 0 aromatic carbocycles. The zero-order valence-electron chi connectivity index (χ0n) is 11.8. The van der Waals surface area contributed by atoms with Gasteiger partial charge in [-0.1, -0.05) is 30.6 Å². The molecule has 8 heteroatoms. The summed E-state index contributed by atoms with van der Waals surface area (Å²) >= 11 is 1.45. The fourth-order valence-electron chi connectivity index (χ4n) is 2.78. The molecule has 1 aliphatic carbocycles. The van der Waals surface area contributed by atoms with Gasteiger partial charge in [-0.15, -0.1) is 10.2 Å². The highest BCUT2D eigenvalue weighted by Gasteiger charge is 2.23. The average molecular weight is 309 g/mol. The summed E-state index contributed by atoms with van der Waals surface area (Å²) in [7, 11) is 0. The Kier molecular flexibility index (Phi) is 4.33. The Morgan fingerprint density at radius 1 is 1.29 bits per heavy atom. The molecule has 1 saturated carbocycles. The predicted molar refractivity (Wildman–Crippen MR) is 79.3 cm³/mol. The number of nitrogens with one attached hydrogen (secondary N) is 2. The number of hydrogen-bond donors (Lipinski definition) is 2. The molecule has 3 amide bonds. The number of nitrogens with zero attached hydrogens (tertiary/aromatic N) is 3. The summed E-state index contributed by atoms with van der Waals surface area (Å²) in [4.78, 5) is 24.8. The van der Waals surface area contributed by atoms with E-state index in [0.717, 1.165) is 17.8 Å². The molecule has 2 heterocycles. The second-order valence-electron chi connectivity index (χ2n) is 5.48. The Morgan fingerprint density at radius 2 is 2.10 bits per heavy atom. The highest BCUT2D eigenvalue weighted by atomic mass is 32.1. The van der Waals surface area contributed by atoms with Crippen LogP contribution in [0.4, 0.5) is 9.93 Å². The quantitative estimate of drug-likeness (QED) is 0.867. The molecule has 0 spiro atoms. The summed E-state index contributed by atoms with van der Waals surface area (Å²) in [5, 5.41) is 15.2. The third-order valence-electron chi connectivity index (χ3n) is 3.93. The van der Waals surface area contributed by atoms with E-state index in [1.165, 1.54) is 35.5 Å². The van der Waals surface area contributed by atoms with Gasteiger partial charge >= 0.3 is 6.03 Å². The second kappa shape index (κ2) is 6.38. The van der Waals surface area contributed by atoms with E-state index in [0.29, 0.717) is 24.1 Å². The summed E-state index contributed by atoms with van der Waals surface area (Å²) in [6.45, 7) is 1.11. The van der Waals surface area contributed by atoms with E-state index >= 15 is 0 Å². The summed E-state index contributed by atoms with van der Waals surface area (Å²) in [6.07, 6.45) is 6.11. The van der Waals surface area contributed by atoms with Crippen molar-refractivity contribution in [2.24, 2.45) is 0 Å². The summed E-state index contributed by atoms with van der Waals surface area (Å²) in [5.74, 6) is 0.360. The maximum absolute atomic E-state index is 12.1. The Bertz CT molecular complexity index is 526. The van der Waals surface area contributed by atoms with Crippen LogP contribution in [0.15, 0.2) is 0 Å². The fraction of sp³-hybridized carbons (Fsp3) is 0.692. The number of piperazine rings is 1. The molecule has 114 valence electrons. The summed E-state index contributed by atoms with van der Waals surface area (Å²) < 4.78 is 0. The molecule has 2 aliphatic rings. The fourth-order valence-corrected chi connectivity index (χ4v) is 3.68. The predicted octanol–water partition coefficient (Wildman–Crippen LogP) is 1.55. The van der Waals surface area contributed by atoms with Crippen molar-refractivity contribution >= 4 is 28.4 Å². The van der Waals surface area contributed by atoms with Gasteiger partial charge in [-0.25, -0.2) is 4.79 Å². The lowest BCUT2D eigenvalue weighted by Crippen LogP contribution is -2.51. The highest BCUT2D eigenvalue weighted by molar-refractivity contribution is 7.15. The molecule has 0 atom stereocenters. The van der Waals surface area contributed by atoms with Crippen molar-refractivity contribution in [1.29, 1.82) is 0 Å². The Labute approximate surface area is 127 Å². The van der Waals surface area contributed by atoms with E-state index < -0.39 is 0 Å². The van der Waals surface area contributed by atoms with Crippen molar-refractivity contribution in [3.63, 3.8) is 0 Å². The minimum absolute atomic E-state index is 0.0973. The Morgan fingerprint density at radius 3 is 2.86 bits per heavy atom. The molecule has 1 aromatic rings. The van der Waals surface area contributed by atoms with Crippen molar-refractivity contribution in [2.75, 3.05) is 25.0 Å². The number of urea groups is 1. The van der Waals surface area contributed by atoms with Crippen LogP contribution >= 0.6 is 11.3 Å². The number of hydrogen-bond acceptors (Lipinski definition) is 5. The van der Waals surface area contributed by atoms with E-state index in [4.69, 9.17) is 0 Å². The van der Waals surface area contributed by atoms with E-state index in [2.05, 4.69) is 20.8 Å². The SMILES string of the molecule is O=C1CN(C(=O)Nc2nnc(C3CCCCC3)s2)CCN1. The third-order valence-corrected chi connectivity index (χ3v) is 4.94. The second-order valence-corrected chi connectivity index (χ2v) is 6.49. The Balaban J connectivity index is 1.58. The van der Waals surface area contributed by atoms with Crippen LogP contribution in [0.5, 0.6) is 0 Å². The zero-order chi connectivity index (χ0) is 14.7. The molecular weight excluding hydrogens is 290 g/mol. The van der Waals surface area contributed by atoms with Crippen LogP contribution in [0.25, 0.3) is 0 Å². The van der Waals surface area contributed by atoms with Gasteiger partial charge in [0.2, 0.25) is 11.0 Å². The van der Waals surface area contributed by atoms with Gasteiger partial charge in [-0.3, -0.25) is 10.1 Å². The molecule has 2 N–H and O–H groups in total. The number of rotatable bonds is 2. The summed E-state index contributed by atoms with van der Waals surface area (Å²) in [6, 6.07) is -0.281. The number of anilines is 1. The standard InChI is InChI=1S/C13H19N5O2S/c19-10-8-18(7-6-14-10)13(20)15-12-17-16-11(21-12)9-4-2-1-3-5-9/h9H,1-8H2,(H,14,19)(H,15,17,20). The van der Waals surface area contributed by atoms with Crippen LogP contribution in [0.3, 0.4) is 0 Å². The topological polar surface area (TPSA) is 87.2 Å². The average Bonchev–Trinajstić information content (AvgIpc) is 2.97. The minimum Gasteiger partial charge on any atom is -0.353 e. The van der Waals surface area contributed by atoms with Gasteiger partial charge in [0, 0.05) is 19.0 Å². The van der Waals surface area contributed by atoms with Crippen molar-refractivity contribution in [2.45, 2.75) is 38.0 Å². The van der Waals surface area contributed by atoms with Gasteiger partial charge in [-0.2, -0.15) is 0 Å². The van der Waals surface area contributed by atoms with Crippen molar-refractivity contribution in [3.8, 4) is 0 Å². The van der Waals surface area contributed by atoms with Crippen LogP contribution in [0.2, 0.25) is 0 Å². The molecule has 3 rings (SSSR count). The number of amides is 3. The number of carbonyl (C=O) groups is 2. The lowest BCUT2D eigenvalue weighted by Gasteiger charge is -2.26. The van der Waals surface area contributed by atoms with Crippen LogP contribution in [-0.4, -0.2) is 46.7 Å². The first kappa shape index (κ1) is 14.2. The van der Waals surface area contributed by atoms with E-state index in [9.17, 15) is 9.59 Å². The largest absolute Gasteiger partial charge is 0.353 e. The Hall–Kier alpha value is -1.70. The molecule has 7 nitrogen and oxygen atoms in total. The first-order valence-electron chi connectivity index (χ1n) is 7.38. The van der Waals surface area contributed by atoms with Gasteiger partial charge in [0.1, 0.15) is 11.6 Å². The summed E-state index contributed by atoms with van der Waals surface area (Å²) in [5.41, 5.74) is 0. The van der Waals surface area contributed by atoms with Crippen LogP contribution < -0.4 is 10.6 Å². The van der Waals surface area contributed by atoms with E-state index in [1.807, 2.05) is 0 Å². The number of aromatic nitrogens is 2. The molecule has 0 radical (unpaired) electrons. The maximum Gasteiger partial charge on any atom is 0.324 e. The maximum atomic E-state index is 12.1. The van der Waals surface area contributed by atoms with Crippen molar-refractivity contribution in [3.05, 3.63) is 5.01 Å². The zero-order valence-corrected chi connectivity index (χ0v) is 12.6. The minimum atomic E-state index is -0.281. The third kappa shape index (κ3) is 3.49. The molecular formula is C13H19N5O2S. The monoisotopic (exact) mass is 309 g/mol. The van der Waals surface area contributed by atoms with Gasteiger partial charge in [0.15, 0.2) is 0 Å². The first-order chi connectivity index (χ1) is 10.2. The first-order valence-corrected chi connectivity index (χ1v) is 8.20. The number of carbonyl (C=O) groups excluding carboxylic acids is 2. The molecule has 1 aliphatic heterocycles. The van der Waals surface area contributed by atoms with Crippen LogP contribution in [0, 0.1) is 0 Å². The van der Waals surface area contributed by atoms with Gasteiger partial charge in [0.25, 0.3) is 0 Å². The molecule has 0 unspecified atom stereocenters. The van der Waals surface area contributed by atoms with Gasteiger partial charge in [0.05, 0.1) is 0 Å². The van der Waals surface area contributed by atoms with Crippen LogP contribution in [0.1, 0.15) is 43.0 Å². The molecule has 0 bridgehead atoms. The van der Waals surface area contributed by atoms with Gasteiger partial charge < -0.3 is 10.2 Å². The molecule has 2 fully saturated rings. The van der Waals surface area contributed by atoms with Crippen molar-refractivity contribution in [1.82, 2.24) is 20.4 Å². The van der Waals surface area contributed by atoms with E-state index in [-0.39, 0.29) is 18.5 Å². The van der Waals surface area contributed by atoms with Gasteiger partial charge in [-0.05, 0) is 12.8 Å². The van der Waals surface area contributed by atoms with E-state index in [1.54, 1.807) is 0 Å². The lowest BCUT2D eigenvalue weighted by molar-refractivity contribution is -0.123. The molecule has 1 saturated heterocycles. The molecule has 21 heavy (non-hydrogen) atoms. The highest BCUT2D eigenvalue weighted by Crippen LogP contribution is 2.35.